The predicted octanol–water partition coefficient (Wildman–Crippen LogP) is 1.63. The Morgan fingerprint density at radius 3 is 3.12 bits per heavy atom. The highest BCUT2D eigenvalue weighted by Crippen LogP contribution is 2.19. The molecule has 4 nitrogen and oxygen atoms in total. The third kappa shape index (κ3) is 3.09. The number of hydrogen-bond acceptors (Lipinski definition) is 3. The molecule has 1 aromatic heterocycles. The first-order valence-electron chi connectivity index (χ1n) is 6.17. The van der Waals surface area contributed by atoms with Crippen molar-refractivity contribution in [1.29, 1.82) is 0 Å². The van der Waals surface area contributed by atoms with Crippen molar-refractivity contribution < 1.29 is 9.21 Å². The molecule has 1 aromatic rings. The van der Waals surface area contributed by atoms with Gasteiger partial charge in [-0.15, -0.1) is 0 Å². The summed E-state index contributed by atoms with van der Waals surface area (Å²) < 4.78 is 5.26. The van der Waals surface area contributed by atoms with Crippen molar-refractivity contribution in [3.8, 4) is 0 Å². The molecule has 2 rings (SSSR count). The Labute approximate surface area is 102 Å². The first-order chi connectivity index (χ1) is 8.16. The van der Waals surface area contributed by atoms with Crippen LogP contribution in [0.4, 0.5) is 0 Å². The SMILES string of the molecule is CC1CC(C(=O)N(C)Cc2ccco2)CCN1. The molecule has 1 aliphatic rings. The number of nitrogens with one attached hydrogen (secondary N) is 1. The summed E-state index contributed by atoms with van der Waals surface area (Å²) in [5.41, 5.74) is 0. The minimum absolute atomic E-state index is 0.159. The number of furan rings is 1. The zero-order chi connectivity index (χ0) is 12.3. The van der Waals surface area contributed by atoms with Crippen LogP contribution in [0.25, 0.3) is 0 Å². The summed E-state index contributed by atoms with van der Waals surface area (Å²) in [6, 6.07) is 4.18. The van der Waals surface area contributed by atoms with Crippen LogP contribution >= 0.6 is 0 Å². The van der Waals surface area contributed by atoms with Crippen molar-refractivity contribution in [2.24, 2.45) is 5.92 Å². The van der Waals surface area contributed by atoms with Crippen LogP contribution in [0.2, 0.25) is 0 Å². The Hall–Kier alpha value is -1.29. The highest BCUT2D eigenvalue weighted by atomic mass is 16.3. The van der Waals surface area contributed by atoms with Gasteiger partial charge < -0.3 is 14.6 Å². The molecule has 2 atom stereocenters. The van der Waals surface area contributed by atoms with Gasteiger partial charge in [0.15, 0.2) is 0 Å². The van der Waals surface area contributed by atoms with Gasteiger partial charge in [-0.2, -0.15) is 0 Å². The van der Waals surface area contributed by atoms with Crippen LogP contribution in [0, 0.1) is 5.92 Å². The molecule has 2 heterocycles. The minimum Gasteiger partial charge on any atom is -0.467 e. The molecule has 1 N–H and O–H groups in total. The molecule has 4 heteroatoms. The van der Waals surface area contributed by atoms with Crippen molar-refractivity contribution in [2.45, 2.75) is 32.4 Å². The molecule has 0 aromatic carbocycles. The second-order valence-corrected chi connectivity index (χ2v) is 4.85. The molecule has 1 saturated heterocycles. The Morgan fingerprint density at radius 1 is 1.65 bits per heavy atom. The topological polar surface area (TPSA) is 45.5 Å². The Kier molecular flexibility index (Phi) is 3.84. The molecule has 1 aliphatic heterocycles. The monoisotopic (exact) mass is 236 g/mol. The Balaban J connectivity index is 1.90. The van der Waals surface area contributed by atoms with E-state index < -0.39 is 0 Å². The van der Waals surface area contributed by atoms with Crippen LogP contribution in [0.3, 0.4) is 0 Å². The third-order valence-electron chi connectivity index (χ3n) is 3.32. The van der Waals surface area contributed by atoms with Crippen LogP contribution in [0.1, 0.15) is 25.5 Å². The van der Waals surface area contributed by atoms with Crippen molar-refractivity contribution in [1.82, 2.24) is 10.2 Å². The van der Waals surface area contributed by atoms with Gasteiger partial charge in [0.2, 0.25) is 5.91 Å². The van der Waals surface area contributed by atoms with E-state index in [1.165, 1.54) is 0 Å². The minimum atomic E-state index is 0.159. The maximum Gasteiger partial charge on any atom is 0.225 e. The molecule has 1 amide bonds. The van der Waals surface area contributed by atoms with Crippen LogP contribution in [0.15, 0.2) is 22.8 Å². The maximum absolute atomic E-state index is 12.2. The zero-order valence-electron chi connectivity index (χ0n) is 10.5. The average molecular weight is 236 g/mol. The highest BCUT2D eigenvalue weighted by molar-refractivity contribution is 5.78. The van der Waals surface area contributed by atoms with E-state index >= 15 is 0 Å². The molecular formula is C13H20N2O2. The molecule has 17 heavy (non-hydrogen) atoms. The van der Waals surface area contributed by atoms with Crippen molar-refractivity contribution in [2.75, 3.05) is 13.6 Å². The van der Waals surface area contributed by atoms with E-state index in [-0.39, 0.29) is 11.8 Å². The van der Waals surface area contributed by atoms with Gasteiger partial charge in [-0.3, -0.25) is 4.79 Å². The standard InChI is InChI=1S/C13H20N2O2/c1-10-8-11(5-6-14-10)13(16)15(2)9-12-4-3-7-17-12/h3-4,7,10-11,14H,5-6,8-9H2,1-2H3. The summed E-state index contributed by atoms with van der Waals surface area (Å²) in [5.74, 6) is 1.23. The summed E-state index contributed by atoms with van der Waals surface area (Å²) >= 11 is 0. The molecular weight excluding hydrogens is 216 g/mol. The van der Waals surface area contributed by atoms with Crippen LogP contribution in [0.5, 0.6) is 0 Å². The number of carbonyl (C=O) groups excluding carboxylic acids is 1. The van der Waals surface area contributed by atoms with Gasteiger partial charge >= 0.3 is 0 Å². The quantitative estimate of drug-likeness (QED) is 0.867. The number of nitrogens with zero attached hydrogens (tertiary/aromatic N) is 1. The number of amides is 1. The van der Waals surface area contributed by atoms with Crippen molar-refractivity contribution in [3.05, 3.63) is 24.2 Å². The lowest BCUT2D eigenvalue weighted by molar-refractivity contribution is -0.136. The Bertz CT molecular complexity index is 362. The summed E-state index contributed by atoms with van der Waals surface area (Å²) in [6.45, 7) is 3.63. The van der Waals surface area contributed by atoms with Gasteiger partial charge in [0.05, 0.1) is 12.8 Å². The predicted molar refractivity (Wildman–Crippen MR) is 65.4 cm³/mol. The third-order valence-corrected chi connectivity index (χ3v) is 3.32. The fourth-order valence-electron chi connectivity index (χ4n) is 2.38. The average Bonchev–Trinajstić information content (AvgIpc) is 2.80. The van der Waals surface area contributed by atoms with Gasteiger partial charge in [-0.25, -0.2) is 0 Å². The summed E-state index contributed by atoms with van der Waals surface area (Å²) in [4.78, 5) is 14.0. The lowest BCUT2D eigenvalue weighted by Crippen LogP contribution is -2.42. The van der Waals surface area contributed by atoms with Crippen molar-refractivity contribution in [3.63, 3.8) is 0 Å². The first-order valence-corrected chi connectivity index (χ1v) is 6.17. The molecule has 94 valence electrons. The van der Waals surface area contributed by atoms with E-state index in [9.17, 15) is 4.79 Å². The lowest BCUT2D eigenvalue weighted by Gasteiger charge is -2.30. The molecule has 0 spiro atoms. The maximum atomic E-state index is 12.2. The number of piperidine rings is 1. The molecule has 0 aliphatic carbocycles. The van der Waals surface area contributed by atoms with E-state index in [1.807, 2.05) is 19.2 Å². The molecule has 0 saturated carbocycles. The normalized spacial score (nSPS) is 24.6. The fourth-order valence-corrected chi connectivity index (χ4v) is 2.38. The van der Waals surface area contributed by atoms with Crippen LogP contribution in [-0.4, -0.2) is 30.4 Å². The van der Waals surface area contributed by atoms with E-state index in [0.717, 1.165) is 25.1 Å². The van der Waals surface area contributed by atoms with Gasteiger partial charge in [0.25, 0.3) is 0 Å². The van der Waals surface area contributed by atoms with E-state index in [1.54, 1.807) is 11.2 Å². The van der Waals surface area contributed by atoms with Gasteiger partial charge in [-0.1, -0.05) is 0 Å². The number of hydrogen-bond donors (Lipinski definition) is 1. The Morgan fingerprint density at radius 2 is 2.47 bits per heavy atom. The first kappa shape index (κ1) is 12.2. The van der Waals surface area contributed by atoms with E-state index in [4.69, 9.17) is 4.42 Å². The largest absolute Gasteiger partial charge is 0.467 e. The highest BCUT2D eigenvalue weighted by Gasteiger charge is 2.27. The molecule has 0 radical (unpaired) electrons. The molecule has 1 fully saturated rings. The van der Waals surface area contributed by atoms with E-state index in [2.05, 4.69) is 12.2 Å². The summed E-state index contributed by atoms with van der Waals surface area (Å²) in [5, 5.41) is 3.36. The number of rotatable bonds is 3. The smallest absolute Gasteiger partial charge is 0.225 e. The summed E-state index contributed by atoms with van der Waals surface area (Å²) in [7, 11) is 1.84. The molecule has 2 unspecified atom stereocenters. The van der Waals surface area contributed by atoms with Crippen LogP contribution in [-0.2, 0) is 11.3 Å². The summed E-state index contributed by atoms with van der Waals surface area (Å²) in [6.07, 6.45) is 3.51. The zero-order valence-corrected chi connectivity index (χ0v) is 10.5. The fraction of sp³-hybridized carbons (Fsp3) is 0.615. The van der Waals surface area contributed by atoms with Gasteiger partial charge in [0, 0.05) is 19.0 Å². The van der Waals surface area contributed by atoms with Crippen LogP contribution < -0.4 is 5.32 Å². The van der Waals surface area contributed by atoms with E-state index in [0.29, 0.717) is 12.6 Å². The number of carbonyl (C=O) groups is 1. The van der Waals surface area contributed by atoms with Gasteiger partial charge in [-0.05, 0) is 38.4 Å². The lowest BCUT2D eigenvalue weighted by atomic mass is 9.92. The van der Waals surface area contributed by atoms with Crippen molar-refractivity contribution >= 4 is 5.91 Å². The second kappa shape index (κ2) is 5.36. The molecule has 0 bridgehead atoms. The second-order valence-electron chi connectivity index (χ2n) is 4.85. The van der Waals surface area contributed by atoms with Gasteiger partial charge in [0.1, 0.15) is 5.76 Å².